The molecule has 23 heavy (non-hydrogen) atoms. The summed E-state index contributed by atoms with van der Waals surface area (Å²) in [5.74, 6) is 1.21. The van der Waals surface area contributed by atoms with Gasteiger partial charge in [-0.15, -0.1) is 0 Å². The van der Waals surface area contributed by atoms with Gasteiger partial charge in [-0.1, -0.05) is 25.1 Å². The molecule has 0 saturated carbocycles. The number of nitrogens with zero attached hydrogens (tertiary/aromatic N) is 2. The number of anilines is 1. The molecule has 0 bridgehead atoms. The van der Waals surface area contributed by atoms with E-state index in [9.17, 15) is 4.79 Å². The van der Waals surface area contributed by atoms with Crippen molar-refractivity contribution >= 4 is 11.7 Å². The molecule has 6 heteroatoms. The van der Waals surface area contributed by atoms with Crippen LogP contribution in [0.2, 0.25) is 0 Å². The Labute approximate surface area is 136 Å². The minimum atomic E-state index is -0.193. The first kappa shape index (κ1) is 16.7. The Morgan fingerprint density at radius 3 is 2.83 bits per heavy atom. The van der Waals surface area contributed by atoms with Gasteiger partial charge in [0, 0.05) is 24.2 Å². The largest absolute Gasteiger partial charge is 0.496 e. The molecule has 1 heterocycles. The maximum Gasteiger partial charge on any atom is 0.270 e. The zero-order valence-electron chi connectivity index (χ0n) is 13.7. The molecule has 1 unspecified atom stereocenters. The van der Waals surface area contributed by atoms with Crippen LogP contribution in [-0.2, 0) is 6.54 Å². The second-order valence-corrected chi connectivity index (χ2v) is 5.24. The normalized spacial score (nSPS) is 11.6. The number of hydrogen-bond donors (Lipinski definition) is 2. The molecule has 6 nitrogen and oxygen atoms in total. The van der Waals surface area contributed by atoms with Crippen molar-refractivity contribution in [3.05, 3.63) is 47.9 Å². The zero-order chi connectivity index (χ0) is 16.7. The number of ether oxygens (including phenoxy) is 1. The molecule has 0 spiro atoms. The van der Waals surface area contributed by atoms with Gasteiger partial charge in [0.15, 0.2) is 0 Å². The van der Waals surface area contributed by atoms with Gasteiger partial charge in [0.2, 0.25) is 0 Å². The standard InChI is InChI=1S/C17H22N4O2/c1-4-12(2)21-17(22)14-9-16(20-11-19-14)18-10-13-7-5-6-8-15(13)23-3/h5-9,11-12H,4,10H2,1-3H3,(H,21,22)(H,18,19,20). The van der Waals surface area contributed by atoms with Crippen molar-refractivity contribution in [1.29, 1.82) is 0 Å². The van der Waals surface area contributed by atoms with E-state index in [1.165, 1.54) is 6.33 Å². The lowest BCUT2D eigenvalue weighted by atomic mass is 10.2. The average Bonchev–Trinajstić information content (AvgIpc) is 2.60. The summed E-state index contributed by atoms with van der Waals surface area (Å²) in [5.41, 5.74) is 1.36. The van der Waals surface area contributed by atoms with Gasteiger partial charge in [0.1, 0.15) is 23.6 Å². The number of hydrogen-bond acceptors (Lipinski definition) is 5. The lowest BCUT2D eigenvalue weighted by Gasteiger charge is -2.12. The Bertz CT molecular complexity index is 661. The van der Waals surface area contributed by atoms with Crippen molar-refractivity contribution in [3.8, 4) is 5.75 Å². The fraction of sp³-hybridized carbons (Fsp3) is 0.353. The maximum absolute atomic E-state index is 12.1. The summed E-state index contributed by atoms with van der Waals surface area (Å²) in [6, 6.07) is 9.51. The molecule has 2 N–H and O–H groups in total. The first-order valence-electron chi connectivity index (χ1n) is 7.62. The van der Waals surface area contributed by atoms with Gasteiger partial charge in [0.25, 0.3) is 5.91 Å². The third kappa shape index (κ3) is 4.67. The molecule has 0 aliphatic heterocycles. The Morgan fingerprint density at radius 2 is 2.09 bits per heavy atom. The van der Waals surface area contributed by atoms with Gasteiger partial charge in [-0.2, -0.15) is 0 Å². The van der Waals surface area contributed by atoms with Crippen LogP contribution in [0.25, 0.3) is 0 Å². The summed E-state index contributed by atoms with van der Waals surface area (Å²) >= 11 is 0. The van der Waals surface area contributed by atoms with Crippen LogP contribution in [0.1, 0.15) is 36.3 Å². The Kier molecular flexibility index (Phi) is 5.91. The third-order valence-electron chi connectivity index (χ3n) is 3.54. The molecule has 1 aromatic carbocycles. The Balaban J connectivity index is 2.04. The van der Waals surface area contributed by atoms with Gasteiger partial charge >= 0.3 is 0 Å². The van der Waals surface area contributed by atoms with Gasteiger partial charge < -0.3 is 15.4 Å². The lowest BCUT2D eigenvalue weighted by Crippen LogP contribution is -2.32. The highest BCUT2D eigenvalue weighted by Gasteiger charge is 2.11. The highest BCUT2D eigenvalue weighted by Crippen LogP contribution is 2.18. The van der Waals surface area contributed by atoms with E-state index >= 15 is 0 Å². The highest BCUT2D eigenvalue weighted by molar-refractivity contribution is 5.93. The van der Waals surface area contributed by atoms with Gasteiger partial charge in [0.05, 0.1) is 7.11 Å². The minimum absolute atomic E-state index is 0.113. The number of carbonyl (C=O) groups excluding carboxylic acids is 1. The molecule has 1 aromatic heterocycles. The van der Waals surface area contributed by atoms with Crippen molar-refractivity contribution in [2.75, 3.05) is 12.4 Å². The van der Waals surface area contributed by atoms with Gasteiger partial charge in [-0.25, -0.2) is 9.97 Å². The quantitative estimate of drug-likeness (QED) is 0.821. The number of carbonyl (C=O) groups is 1. The van der Waals surface area contributed by atoms with Crippen LogP contribution in [0.5, 0.6) is 5.75 Å². The SMILES string of the molecule is CCC(C)NC(=O)c1cc(NCc2ccccc2OC)ncn1. The fourth-order valence-corrected chi connectivity index (χ4v) is 2.01. The third-order valence-corrected chi connectivity index (χ3v) is 3.54. The first-order chi connectivity index (χ1) is 11.1. The minimum Gasteiger partial charge on any atom is -0.496 e. The number of amides is 1. The van der Waals surface area contributed by atoms with Crippen LogP contribution in [0.15, 0.2) is 36.7 Å². The molecule has 0 fully saturated rings. The van der Waals surface area contributed by atoms with E-state index in [4.69, 9.17) is 4.74 Å². The maximum atomic E-state index is 12.1. The molecule has 122 valence electrons. The monoisotopic (exact) mass is 314 g/mol. The van der Waals surface area contributed by atoms with E-state index in [0.717, 1.165) is 17.7 Å². The van der Waals surface area contributed by atoms with Crippen LogP contribution in [0.4, 0.5) is 5.82 Å². The summed E-state index contributed by atoms with van der Waals surface area (Å²) in [6.45, 7) is 4.53. The van der Waals surface area contributed by atoms with Crippen molar-refractivity contribution in [2.24, 2.45) is 0 Å². The van der Waals surface area contributed by atoms with Gasteiger partial charge in [-0.05, 0) is 19.4 Å². The predicted octanol–water partition coefficient (Wildman–Crippen LogP) is 2.63. The average molecular weight is 314 g/mol. The molecule has 0 radical (unpaired) electrons. The summed E-state index contributed by atoms with van der Waals surface area (Å²) in [5, 5.41) is 6.08. The van der Waals surface area contributed by atoms with Crippen molar-refractivity contribution < 1.29 is 9.53 Å². The van der Waals surface area contributed by atoms with E-state index in [1.807, 2.05) is 38.1 Å². The molecule has 0 saturated heterocycles. The second-order valence-electron chi connectivity index (χ2n) is 5.24. The lowest BCUT2D eigenvalue weighted by molar-refractivity contribution is 0.0934. The number of methoxy groups -OCH3 is 1. The number of nitrogens with one attached hydrogen (secondary N) is 2. The van der Waals surface area contributed by atoms with Crippen LogP contribution >= 0.6 is 0 Å². The molecule has 0 aliphatic carbocycles. The van der Waals surface area contributed by atoms with Crippen molar-refractivity contribution in [2.45, 2.75) is 32.9 Å². The summed E-state index contributed by atoms with van der Waals surface area (Å²) in [7, 11) is 1.64. The van der Waals surface area contributed by atoms with Crippen LogP contribution in [0, 0.1) is 0 Å². The Morgan fingerprint density at radius 1 is 1.30 bits per heavy atom. The predicted molar refractivity (Wildman–Crippen MR) is 89.6 cm³/mol. The summed E-state index contributed by atoms with van der Waals surface area (Å²) in [6.07, 6.45) is 2.26. The van der Waals surface area contributed by atoms with E-state index < -0.39 is 0 Å². The van der Waals surface area contributed by atoms with E-state index in [0.29, 0.717) is 18.1 Å². The van der Waals surface area contributed by atoms with Crippen molar-refractivity contribution in [3.63, 3.8) is 0 Å². The molecule has 2 rings (SSSR count). The van der Waals surface area contributed by atoms with Crippen LogP contribution < -0.4 is 15.4 Å². The second kappa shape index (κ2) is 8.12. The molecule has 1 amide bonds. The Hall–Kier alpha value is -2.63. The number of rotatable bonds is 7. The van der Waals surface area contributed by atoms with Gasteiger partial charge in [-0.3, -0.25) is 4.79 Å². The van der Waals surface area contributed by atoms with Crippen molar-refractivity contribution in [1.82, 2.24) is 15.3 Å². The smallest absolute Gasteiger partial charge is 0.270 e. The van der Waals surface area contributed by atoms with Crippen LogP contribution in [-0.4, -0.2) is 29.0 Å². The number of para-hydroxylation sites is 1. The summed E-state index contributed by atoms with van der Waals surface area (Å²) < 4.78 is 5.31. The van der Waals surface area contributed by atoms with E-state index in [2.05, 4.69) is 20.6 Å². The molecule has 1 atom stereocenters. The zero-order valence-corrected chi connectivity index (χ0v) is 13.7. The van der Waals surface area contributed by atoms with Crippen LogP contribution in [0.3, 0.4) is 0 Å². The molecular weight excluding hydrogens is 292 g/mol. The topological polar surface area (TPSA) is 76.1 Å². The number of benzene rings is 1. The molecule has 2 aromatic rings. The molecular formula is C17H22N4O2. The van der Waals surface area contributed by atoms with E-state index in [1.54, 1.807) is 13.2 Å². The number of aromatic nitrogens is 2. The highest BCUT2D eigenvalue weighted by atomic mass is 16.5. The first-order valence-corrected chi connectivity index (χ1v) is 7.62. The summed E-state index contributed by atoms with van der Waals surface area (Å²) in [4.78, 5) is 20.3. The fourth-order valence-electron chi connectivity index (χ4n) is 2.01. The van der Waals surface area contributed by atoms with E-state index in [-0.39, 0.29) is 11.9 Å². The molecule has 0 aliphatic rings.